The minimum atomic E-state index is -0.654. The predicted octanol–water partition coefficient (Wildman–Crippen LogP) is 8.63. The molecule has 15 heteroatoms. The van der Waals surface area contributed by atoms with Gasteiger partial charge in [0.25, 0.3) is 29.5 Å². The Morgan fingerprint density at radius 1 is 0.582 bits per heavy atom. The van der Waals surface area contributed by atoms with E-state index in [9.17, 15) is 29.1 Å². The minimum absolute atomic E-state index is 0. The number of halogens is 1. The monoisotopic (exact) mass is 934 g/mol. The van der Waals surface area contributed by atoms with E-state index in [0.717, 1.165) is 45.3 Å². The number of aromatic hydroxyl groups is 1. The molecule has 1 atom stereocenters. The molecule has 1 unspecified atom stereocenters. The molecule has 2 aliphatic heterocycles. The molecule has 0 spiro atoms. The molecule has 2 aliphatic rings. The van der Waals surface area contributed by atoms with Gasteiger partial charge in [0, 0.05) is 18.1 Å². The maximum atomic E-state index is 12.9. The highest BCUT2D eigenvalue weighted by atomic mass is 35.5. The topological polar surface area (TPSA) is 175 Å². The van der Waals surface area contributed by atoms with Crippen LogP contribution in [-0.2, 0) is 24.0 Å². The highest BCUT2D eigenvalue weighted by Crippen LogP contribution is 2.35. The number of hydrogen-bond acceptors (Lipinski definition) is 8. The summed E-state index contributed by atoms with van der Waals surface area (Å²) in [5, 5.41) is 18.8. The van der Waals surface area contributed by atoms with Crippen LogP contribution in [0.4, 0.5) is 22.7 Å². The van der Waals surface area contributed by atoms with Gasteiger partial charge >= 0.3 is 0 Å². The van der Waals surface area contributed by atoms with E-state index in [1.54, 1.807) is 48.5 Å². The number of carbonyl (C=O) groups is 5. The first-order valence-corrected chi connectivity index (χ1v) is 23.1. The molecule has 14 nitrogen and oxygen atoms in total. The van der Waals surface area contributed by atoms with Gasteiger partial charge in [0.05, 0.1) is 22.7 Å². The first-order valence-electron chi connectivity index (χ1n) is 22.7. The molecule has 2 fully saturated rings. The van der Waals surface area contributed by atoms with E-state index in [0.29, 0.717) is 52.9 Å². The van der Waals surface area contributed by atoms with E-state index in [1.165, 1.54) is 32.2 Å². The number of amides is 5. The Morgan fingerprint density at radius 3 is 1.31 bits per heavy atom. The lowest BCUT2D eigenvalue weighted by molar-refractivity contribution is -0.128. The SMILES string of the molecule is CCCCC1C(=O)N(c2ccccc2)N(c2ccc(O)cc2)C1=O.CCCCC1C(=O)N(c2ccccc2)N(c2ccccc2)C1=O.CCN(CC)CCNC(=O)COc1ccc(Cl)cc1.O. The number of nitrogens with zero attached hydrogens (tertiary/aromatic N) is 5. The Morgan fingerprint density at radius 2 is 0.955 bits per heavy atom. The summed E-state index contributed by atoms with van der Waals surface area (Å²) < 4.78 is 5.35. The van der Waals surface area contributed by atoms with Crippen molar-refractivity contribution in [1.82, 2.24) is 10.2 Å². The van der Waals surface area contributed by atoms with Crippen LogP contribution in [0, 0.1) is 11.8 Å². The number of rotatable bonds is 18. The van der Waals surface area contributed by atoms with Crippen LogP contribution in [-0.4, -0.2) is 77.8 Å². The van der Waals surface area contributed by atoms with Crippen LogP contribution in [0.1, 0.15) is 66.2 Å². The van der Waals surface area contributed by atoms with Crippen molar-refractivity contribution < 1.29 is 39.3 Å². The average molecular weight is 936 g/mol. The zero-order valence-corrected chi connectivity index (χ0v) is 39.5. The van der Waals surface area contributed by atoms with Gasteiger partial charge in [-0.3, -0.25) is 24.0 Å². The van der Waals surface area contributed by atoms with E-state index < -0.39 is 11.8 Å². The van der Waals surface area contributed by atoms with Gasteiger partial charge < -0.3 is 25.5 Å². The molecule has 0 aliphatic carbocycles. The lowest BCUT2D eigenvalue weighted by Crippen LogP contribution is -2.41. The van der Waals surface area contributed by atoms with Gasteiger partial charge in [0.2, 0.25) is 0 Å². The van der Waals surface area contributed by atoms with Crippen LogP contribution in [0.15, 0.2) is 140 Å². The summed E-state index contributed by atoms with van der Waals surface area (Å²) in [4.78, 5) is 65.3. The molecule has 0 saturated carbocycles. The van der Waals surface area contributed by atoms with Gasteiger partial charge in [-0.1, -0.05) is 120 Å². The Hall–Kier alpha value is -6.74. The molecular formula is C52H63ClN6O8. The molecule has 5 amide bonds. The van der Waals surface area contributed by atoms with E-state index in [-0.39, 0.29) is 47.4 Å². The summed E-state index contributed by atoms with van der Waals surface area (Å²) in [5.74, 6) is -1.29. The minimum Gasteiger partial charge on any atom is -0.508 e. The van der Waals surface area contributed by atoms with Crippen LogP contribution in [0.25, 0.3) is 0 Å². The summed E-state index contributed by atoms with van der Waals surface area (Å²) in [6.45, 7) is 11.8. The lowest BCUT2D eigenvalue weighted by atomic mass is 10.0. The van der Waals surface area contributed by atoms with Crippen molar-refractivity contribution in [2.24, 2.45) is 11.8 Å². The molecule has 2 saturated heterocycles. The standard InChI is InChI=1S/C19H20N2O3.C19H20N2O2.C14H21ClN2O2.H2O/c1-2-3-9-17-18(23)20(14-7-5-4-6-8-14)21(19(17)24)15-10-12-16(22)13-11-15;1-2-3-14-17-18(22)20(15-10-6-4-7-11-15)21(19(17)23)16-12-8-5-9-13-16;1-3-17(4-2)10-9-16-14(18)11-19-13-7-5-12(15)6-8-13;/h4-8,10-13,17,22H,2-3,9H2,1H3;4-13,17H,2-3,14H2,1H3;5-8H,3-4,9-11H2,1-2H3,(H,16,18);1H2. The Kier molecular flexibility index (Phi) is 21.3. The molecule has 4 N–H and O–H groups in total. The predicted molar refractivity (Wildman–Crippen MR) is 265 cm³/mol. The number of hydrazine groups is 2. The van der Waals surface area contributed by atoms with Crippen LogP contribution < -0.4 is 30.1 Å². The van der Waals surface area contributed by atoms with E-state index in [2.05, 4.69) is 31.0 Å². The normalized spacial score (nSPS) is 14.6. The van der Waals surface area contributed by atoms with Gasteiger partial charge in [0.1, 0.15) is 23.3 Å². The highest BCUT2D eigenvalue weighted by molar-refractivity contribution is 6.30. The lowest BCUT2D eigenvalue weighted by Gasteiger charge is -2.27. The smallest absolute Gasteiger partial charge is 0.258 e. The number of hydrogen-bond donors (Lipinski definition) is 2. The Labute approximate surface area is 398 Å². The van der Waals surface area contributed by atoms with Gasteiger partial charge in [-0.05, 0) is 111 Å². The van der Waals surface area contributed by atoms with Gasteiger partial charge in [0.15, 0.2) is 6.61 Å². The van der Waals surface area contributed by atoms with Crippen molar-refractivity contribution in [1.29, 1.82) is 0 Å². The van der Waals surface area contributed by atoms with Crippen LogP contribution in [0.3, 0.4) is 0 Å². The molecule has 0 bridgehead atoms. The van der Waals surface area contributed by atoms with Crippen LogP contribution in [0.5, 0.6) is 11.5 Å². The summed E-state index contributed by atoms with van der Waals surface area (Å²) in [7, 11) is 0. The number of nitrogens with one attached hydrogen (secondary N) is 1. The fourth-order valence-electron chi connectivity index (χ4n) is 7.40. The highest BCUT2D eigenvalue weighted by Gasteiger charge is 2.47. The number of carbonyl (C=O) groups excluding carboxylic acids is 5. The number of benzene rings is 5. The second-order valence-electron chi connectivity index (χ2n) is 15.6. The molecular weight excluding hydrogens is 872 g/mol. The summed E-state index contributed by atoms with van der Waals surface area (Å²) in [6, 6.07) is 41.1. The fraction of sp³-hybridized carbons (Fsp3) is 0.327. The quantitative estimate of drug-likeness (QED) is 0.0822. The van der Waals surface area contributed by atoms with E-state index in [1.807, 2.05) is 85.8 Å². The van der Waals surface area contributed by atoms with Gasteiger partial charge in [-0.2, -0.15) is 0 Å². The molecule has 2 heterocycles. The molecule has 67 heavy (non-hydrogen) atoms. The largest absolute Gasteiger partial charge is 0.508 e. The van der Waals surface area contributed by atoms with Crippen molar-refractivity contribution in [3.05, 3.63) is 145 Å². The van der Waals surface area contributed by atoms with Crippen molar-refractivity contribution >= 4 is 63.9 Å². The third-order valence-electron chi connectivity index (χ3n) is 11.0. The van der Waals surface area contributed by atoms with Crippen molar-refractivity contribution in [3.8, 4) is 11.5 Å². The van der Waals surface area contributed by atoms with Gasteiger partial charge in [-0.15, -0.1) is 0 Å². The zero-order chi connectivity index (χ0) is 47.4. The van der Waals surface area contributed by atoms with Crippen molar-refractivity contribution in [2.75, 3.05) is 52.8 Å². The summed E-state index contributed by atoms with van der Waals surface area (Å²) in [5.41, 5.74) is 2.65. The number of phenolic OH excluding ortho intramolecular Hbond substituents is 1. The molecule has 5 aromatic rings. The second kappa shape index (κ2) is 27.0. The van der Waals surface area contributed by atoms with E-state index in [4.69, 9.17) is 16.3 Å². The van der Waals surface area contributed by atoms with Crippen LogP contribution >= 0.6 is 11.6 Å². The van der Waals surface area contributed by atoms with Crippen LogP contribution in [0.2, 0.25) is 5.02 Å². The summed E-state index contributed by atoms with van der Waals surface area (Å²) >= 11 is 5.76. The Balaban J connectivity index is 0.000000220. The molecule has 7 rings (SSSR count). The first-order chi connectivity index (χ1) is 32.0. The molecule has 0 radical (unpaired) electrons. The van der Waals surface area contributed by atoms with Crippen molar-refractivity contribution in [2.45, 2.75) is 66.2 Å². The first kappa shape index (κ1) is 52.9. The second-order valence-corrected chi connectivity index (χ2v) is 16.1. The number of unbranched alkanes of at least 4 members (excludes halogenated alkanes) is 2. The number of ether oxygens (including phenoxy) is 1. The zero-order valence-electron chi connectivity index (χ0n) is 38.7. The Bertz CT molecular complexity index is 2250. The third-order valence-corrected chi connectivity index (χ3v) is 11.3. The van der Waals surface area contributed by atoms with Gasteiger partial charge in [-0.25, -0.2) is 20.0 Å². The number of likely N-dealkylation sites (N-methyl/N-ethyl adjacent to an activating group) is 1. The molecule has 0 aromatic heterocycles. The number of phenols is 1. The number of anilines is 4. The maximum Gasteiger partial charge on any atom is 0.258 e. The molecule has 356 valence electrons. The fourth-order valence-corrected chi connectivity index (χ4v) is 7.53. The number of para-hydroxylation sites is 3. The summed E-state index contributed by atoms with van der Waals surface area (Å²) in [6.07, 6.45) is 4.74. The molecule has 5 aromatic carbocycles. The van der Waals surface area contributed by atoms with Crippen molar-refractivity contribution in [3.63, 3.8) is 0 Å². The maximum absolute atomic E-state index is 12.9. The average Bonchev–Trinajstić information content (AvgIpc) is 3.75. The van der Waals surface area contributed by atoms with E-state index >= 15 is 0 Å². The third kappa shape index (κ3) is 14.4.